The number of hydrogen-bond acceptors (Lipinski definition) is 3. The van der Waals surface area contributed by atoms with Crippen LogP contribution in [0.5, 0.6) is 5.75 Å². The number of nitrogens with zero attached hydrogens (tertiary/aromatic N) is 2. The largest absolute Gasteiger partial charge is 0.493 e. The normalized spacial score (nSPS) is 24.7. The first kappa shape index (κ1) is 25.9. The molecule has 4 unspecified atom stereocenters. The highest BCUT2D eigenvalue weighted by molar-refractivity contribution is 7.18. The smallest absolute Gasteiger partial charge is 0.253 e. The van der Waals surface area contributed by atoms with Crippen LogP contribution >= 0.6 is 18.5 Å². The SMILES string of the molecule is CC(C)(P)CN1CCC(COc2ccc(C3C=CC(C(=O)N4CCCCC4)=CC3P)cc2)CC1. The molecule has 186 valence electrons. The number of ether oxygens (including phenoxy) is 1. The van der Waals surface area contributed by atoms with Crippen molar-refractivity contribution in [3.05, 3.63) is 53.6 Å². The van der Waals surface area contributed by atoms with Gasteiger partial charge in [0.1, 0.15) is 5.75 Å². The molecule has 4 nitrogen and oxygen atoms in total. The fourth-order valence-electron chi connectivity index (χ4n) is 5.35. The topological polar surface area (TPSA) is 32.8 Å². The molecule has 2 aliphatic heterocycles. The molecular weight excluding hydrogens is 458 g/mol. The highest BCUT2D eigenvalue weighted by Crippen LogP contribution is 2.34. The summed E-state index contributed by atoms with van der Waals surface area (Å²) in [5, 5.41) is 0.287. The zero-order chi connectivity index (χ0) is 24.1. The Balaban J connectivity index is 1.25. The molecule has 0 spiro atoms. The lowest BCUT2D eigenvalue weighted by Crippen LogP contribution is -2.41. The second-order valence-electron chi connectivity index (χ2n) is 11.0. The number of amides is 1. The van der Waals surface area contributed by atoms with E-state index in [4.69, 9.17) is 4.74 Å². The first-order valence-corrected chi connectivity index (χ1v) is 14.2. The Morgan fingerprint density at radius 2 is 1.74 bits per heavy atom. The molecule has 0 bridgehead atoms. The van der Waals surface area contributed by atoms with Crippen LogP contribution in [0.1, 0.15) is 57.4 Å². The number of hydrogen-bond donors (Lipinski definition) is 0. The van der Waals surface area contributed by atoms with Crippen LogP contribution in [0, 0.1) is 5.92 Å². The fourth-order valence-corrected chi connectivity index (χ4v) is 6.16. The van der Waals surface area contributed by atoms with Crippen LogP contribution in [0.15, 0.2) is 48.1 Å². The third-order valence-electron chi connectivity index (χ3n) is 7.25. The van der Waals surface area contributed by atoms with E-state index >= 15 is 0 Å². The molecule has 0 aromatic heterocycles. The van der Waals surface area contributed by atoms with Crippen LogP contribution in [0.25, 0.3) is 0 Å². The summed E-state index contributed by atoms with van der Waals surface area (Å²) in [4.78, 5) is 17.4. The molecule has 2 heterocycles. The van der Waals surface area contributed by atoms with E-state index in [1.54, 1.807) is 0 Å². The number of rotatable bonds is 7. The summed E-state index contributed by atoms with van der Waals surface area (Å²) in [5.74, 6) is 2.05. The monoisotopic (exact) mass is 500 g/mol. The van der Waals surface area contributed by atoms with Gasteiger partial charge in [-0.1, -0.05) is 44.2 Å². The first-order chi connectivity index (χ1) is 16.3. The van der Waals surface area contributed by atoms with Crippen molar-refractivity contribution in [1.82, 2.24) is 9.80 Å². The Bertz CT molecular complexity index is 877. The van der Waals surface area contributed by atoms with E-state index in [0.29, 0.717) is 5.92 Å². The van der Waals surface area contributed by atoms with E-state index in [-0.39, 0.29) is 22.6 Å². The molecule has 6 heteroatoms. The average Bonchev–Trinajstić information content (AvgIpc) is 2.83. The van der Waals surface area contributed by atoms with Crippen LogP contribution in [0.4, 0.5) is 0 Å². The van der Waals surface area contributed by atoms with Gasteiger partial charge in [-0.25, -0.2) is 0 Å². The number of allylic oxidation sites excluding steroid dienone is 2. The highest BCUT2D eigenvalue weighted by Gasteiger charge is 2.26. The van der Waals surface area contributed by atoms with Crippen LogP contribution in [0.2, 0.25) is 0 Å². The minimum Gasteiger partial charge on any atom is -0.493 e. The Hall–Kier alpha value is -1.21. The molecular formula is C28H42N2O2P2. The average molecular weight is 501 g/mol. The van der Waals surface area contributed by atoms with Crippen molar-refractivity contribution in [3.8, 4) is 5.75 Å². The Morgan fingerprint density at radius 3 is 2.35 bits per heavy atom. The van der Waals surface area contributed by atoms with Crippen LogP contribution < -0.4 is 4.74 Å². The molecule has 1 amide bonds. The van der Waals surface area contributed by atoms with Gasteiger partial charge in [-0.15, -0.1) is 18.5 Å². The summed E-state index contributed by atoms with van der Waals surface area (Å²) in [5.41, 5.74) is 2.32. The molecule has 4 rings (SSSR count). The number of benzene rings is 1. The molecule has 3 aliphatic rings. The number of likely N-dealkylation sites (tertiary alicyclic amines) is 2. The predicted octanol–water partition coefficient (Wildman–Crippen LogP) is 5.27. The highest BCUT2D eigenvalue weighted by atomic mass is 31.0. The maximum atomic E-state index is 12.8. The van der Waals surface area contributed by atoms with Crippen LogP contribution in [-0.4, -0.2) is 65.9 Å². The molecule has 2 fully saturated rings. The van der Waals surface area contributed by atoms with Crippen molar-refractivity contribution in [2.45, 2.75) is 62.7 Å². The summed E-state index contributed by atoms with van der Waals surface area (Å²) >= 11 is 0. The second kappa shape index (κ2) is 11.7. The van der Waals surface area contributed by atoms with Gasteiger partial charge in [0.2, 0.25) is 0 Å². The summed E-state index contributed by atoms with van der Waals surface area (Å²) in [7, 11) is 5.89. The third-order valence-corrected chi connectivity index (χ3v) is 8.04. The lowest BCUT2D eigenvalue weighted by atomic mass is 9.89. The van der Waals surface area contributed by atoms with Gasteiger partial charge >= 0.3 is 0 Å². The Kier molecular flexibility index (Phi) is 8.89. The zero-order valence-electron chi connectivity index (χ0n) is 20.9. The maximum absolute atomic E-state index is 12.8. The van der Waals surface area contributed by atoms with E-state index in [0.717, 1.165) is 50.4 Å². The molecule has 1 aromatic rings. The third kappa shape index (κ3) is 7.16. The van der Waals surface area contributed by atoms with Gasteiger partial charge in [-0.3, -0.25) is 4.79 Å². The number of carbonyl (C=O) groups excluding carboxylic acids is 1. The van der Waals surface area contributed by atoms with Crippen LogP contribution in [-0.2, 0) is 4.79 Å². The van der Waals surface area contributed by atoms with E-state index in [2.05, 4.69) is 73.6 Å². The van der Waals surface area contributed by atoms with Crippen molar-refractivity contribution >= 4 is 24.4 Å². The standard InChI is InChI=1S/C28H42N2O2P2/c1-28(2,34)20-29-16-12-21(13-17-29)19-32-24-9-6-22(7-10-24)25-11-8-23(18-26(25)33)27(31)30-14-4-3-5-15-30/h6-11,18,21,25-26H,3-5,12-17,19-20,33-34H2,1-2H3. The summed E-state index contributed by atoms with van der Waals surface area (Å²) < 4.78 is 6.16. The van der Waals surface area contributed by atoms with Gasteiger partial charge in [0.05, 0.1) is 6.61 Å². The molecule has 0 radical (unpaired) electrons. The summed E-state index contributed by atoms with van der Waals surface area (Å²) in [6, 6.07) is 8.56. The van der Waals surface area contributed by atoms with Gasteiger partial charge in [-0.2, -0.15) is 0 Å². The maximum Gasteiger partial charge on any atom is 0.253 e. The van der Waals surface area contributed by atoms with Crippen LogP contribution in [0.3, 0.4) is 0 Å². The van der Waals surface area contributed by atoms with E-state index in [9.17, 15) is 4.79 Å². The van der Waals surface area contributed by atoms with E-state index < -0.39 is 0 Å². The van der Waals surface area contributed by atoms with Crippen molar-refractivity contribution in [1.29, 1.82) is 0 Å². The molecule has 0 saturated carbocycles. The van der Waals surface area contributed by atoms with Gasteiger partial charge < -0.3 is 14.5 Å². The zero-order valence-corrected chi connectivity index (χ0v) is 23.2. The molecule has 1 aliphatic carbocycles. The van der Waals surface area contributed by atoms with E-state index in [1.807, 2.05) is 11.0 Å². The first-order valence-electron chi connectivity index (χ1n) is 13.0. The van der Waals surface area contributed by atoms with Gasteiger partial charge in [0.15, 0.2) is 0 Å². The summed E-state index contributed by atoms with van der Waals surface area (Å²) in [6.07, 6.45) is 12.3. The Labute approximate surface area is 211 Å². The lowest BCUT2D eigenvalue weighted by molar-refractivity contribution is -0.127. The van der Waals surface area contributed by atoms with E-state index in [1.165, 1.54) is 37.9 Å². The van der Waals surface area contributed by atoms with Crippen molar-refractivity contribution in [2.24, 2.45) is 5.92 Å². The minimum absolute atomic E-state index is 0.189. The molecule has 4 atom stereocenters. The number of piperidine rings is 2. The molecule has 1 aromatic carbocycles. The minimum atomic E-state index is 0.189. The molecule has 0 N–H and O–H groups in total. The predicted molar refractivity (Wildman–Crippen MR) is 149 cm³/mol. The van der Waals surface area contributed by atoms with Crippen molar-refractivity contribution < 1.29 is 9.53 Å². The second-order valence-corrected chi connectivity index (χ2v) is 13.4. The van der Waals surface area contributed by atoms with Gasteiger partial charge in [-0.05, 0) is 74.0 Å². The van der Waals surface area contributed by atoms with Gasteiger partial charge in [0, 0.05) is 36.8 Å². The summed E-state index contributed by atoms with van der Waals surface area (Å²) in [6.45, 7) is 10.6. The molecule has 34 heavy (non-hydrogen) atoms. The van der Waals surface area contributed by atoms with Crippen molar-refractivity contribution in [3.63, 3.8) is 0 Å². The quantitative estimate of drug-likeness (QED) is 0.479. The van der Waals surface area contributed by atoms with Crippen molar-refractivity contribution in [2.75, 3.05) is 39.3 Å². The Morgan fingerprint density at radius 1 is 1.06 bits per heavy atom. The lowest BCUT2D eigenvalue weighted by Gasteiger charge is -2.35. The molecule has 2 saturated heterocycles. The number of carbonyl (C=O) groups is 1. The van der Waals surface area contributed by atoms with Gasteiger partial charge in [0.25, 0.3) is 5.91 Å². The fraction of sp³-hybridized carbons (Fsp3) is 0.607.